The van der Waals surface area contributed by atoms with E-state index in [-0.39, 0.29) is 10.2 Å². The third-order valence-electron chi connectivity index (χ3n) is 4.20. The molecule has 0 radical (unpaired) electrons. The Kier molecular flexibility index (Phi) is 4.84. The fourth-order valence-electron chi connectivity index (χ4n) is 2.86. The van der Waals surface area contributed by atoms with Crippen molar-refractivity contribution >= 4 is 32.7 Å². The SMILES string of the molecule is CCCCc1nc(Cl)nc2c1c(C)cn2S(=O)(=O)c1ccc(C)cc1. The number of hydrogen-bond donors (Lipinski definition) is 0. The van der Waals surface area contributed by atoms with Gasteiger partial charge < -0.3 is 0 Å². The summed E-state index contributed by atoms with van der Waals surface area (Å²) in [5.41, 5.74) is 2.96. The lowest BCUT2D eigenvalue weighted by Gasteiger charge is -2.08. The second kappa shape index (κ2) is 6.77. The minimum Gasteiger partial charge on any atom is -0.224 e. The highest BCUT2D eigenvalue weighted by Gasteiger charge is 2.23. The normalized spacial score (nSPS) is 12.0. The maximum absolute atomic E-state index is 13.1. The zero-order valence-electron chi connectivity index (χ0n) is 14.5. The van der Waals surface area contributed by atoms with E-state index < -0.39 is 10.0 Å². The first-order valence-electron chi connectivity index (χ1n) is 8.21. The Morgan fingerprint density at radius 3 is 2.44 bits per heavy atom. The number of rotatable bonds is 5. The van der Waals surface area contributed by atoms with Gasteiger partial charge in [-0.3, -0.25) is 0 Å². The highest BCUT2D eigenvalue weighted by molar-refractivity contribution is 7.90. The number of fused-ring (bicyclic) bond motifs is 1. The Hall–Kier alpha value is -1.92. The van der Waals surface area contributed by atoms with Gasteiger partial charge in [-0.2, -0.15) is 4.98 Å². The van der Waals surface area contributed by atoms with Gasteiger partial charge in [0.15, 0.2) is 5.65 Å². The Morgan fingerprint density at radius 2 is 1.80 bits per heavy atom. The first kappa shape index (κ1) is 17.9. The molecule has 0 atom stereocenters. The minimum absolute atomic E-state index is 0.0667. The molecule has 7 heteroatoms. The van der Waals surface area contributed by atoms with Crippen molar-refractivity contribution in [3.8, 4) is 0 Å². The maximum Gasteiger partial charge on any atom is 0.269 e. The Labute approximate surface area is 152 Å². The van der Waals surface area contributed by atoms with E-state index in [1.165, 1.54) is 3.97 Å². The number of aryl methyl sites for hydroxylation is 3. The van der Waals surface area contributed by atoms with Crippen LogP contribution in [0.5, 0.6) is 0 Å². The summed E-state index contributed by atoms with van der Waals surface area (Å²) in [7, 11) is -3.75. The molecule has 0 aliphatic heterocycles. The van der Waals surface area contributed by atoms with Crippen LogP contribution >= 0.6 is 11.6 Å². The van der Waals surface area contributed by atoms with Crippen LogP contribution in [0, 0.1) is 13.8 Å². The molecule has 2 aromatic heterocycles. The summed E-state index contributed by atoms with van der Waals surface area (Å²) in [5, 5.41) is 0.839. The van der Waals surface area contributed by atoms with Crippen molar-refractivity contribution in [1.82, 2.24) is 13.9 Å². The van der Waals surface area contributed by atoms with Gasteiger partial charge in [0, 0.05) is 11.6 Å². The maximum atomic E-state index is 13.1. The van der Waals surface area contributed by atoms with E-state index in [2.05, 4.69) is 16.9 Å². The van der Waals surface area contributed by atoms with Crippen molar-refractivity contribution in [2.24, 2.45) is 0 Å². The van der Waals surface area contributed by atoms with Crippen LogP contribution in [0.25, 0.3) is 11.0 Å². The Morgan fingerprint density at radius 1 is 1.12 bits per heavy atom. The highest BCUT2D eigenvalue weighted by atomic mass is 35.5. The van der Waals surface area contributed by atoms with Gasteiger partial charge in [-0.1, -0.05) is 31.0 Å². The molecule has 2 heterocycles. The van der Waals surface area contributed by atoms with Crippen molar-refractivity contribution in [3.05, 3.63) is 52.6 Å². The number of aromatic nitrogens is 3. The number of benzene rings is 1. The molecule has 0 unspecified atom stereocenters. The summed E-state index contributed by atoms with van der Waals surface area (Å²) in [6, 6.07) is 6.76. The standard InChI is InChI=1S/C18H20ClN3O2S/c1-4-5-6-15-16-13(3)11-22(17(16)21-18(19)20-15)25(23,24)14-9-7-12(2)8-10-14/h7-11H,4-6H2,1-3H3. The van der Waals surface area contributed by atoms with Crippen LogP contribution in [0.4, 0.5) is 0 Å². The van der Waals surface area contributed by atoms with Crippen molar-refractivity contribution in [2.75, 3.05) is 0 Å². The summed E-state index contributed by atoms with van der Waals surface area (Å²) in [5.74, 6) is 0. The van der Waals surface area contributed by atoms with Crippen molar-refractivity contribution < 1.29 is 8.42 Å². The van der Waals surface area contributed by atoms with Gasteiger partial charge in [-0.15, -0.1) is 0 Å². The second-order valence-corrected chi connectivity index (χ2v) is 8.32. The predicted octanol–water partition coefficient (Wildman–Crippen LogP) is 4.28. The first-order chi connectivity index (χ1) is 11.8. The lowest BCUT2D eigenvalue weighted by atomic mass is 10.1. The quantitative estimate of drug-likeness (QED) is 0.622. The fourth-order valence-corrected chi connectivity index (χ4v) is 4.41. The van der Waals surface area contributed by atoms with E-state index in [1.807, 2.05) is 13.8 Å². The molecule has 3 rings (SSSR count). The molecule has 0 saturated carbocycles. The van der Waals surface area contributed by atoms with E-state index >= 15 is 0 Å². The van der Waals surface area contributed by atoms with Gasteiger partial charge in [0.05, 0.1) is 10.6 Å². The van der Waals surface area contributed by atoms with E-state index in [0.29, 0.717) is 5.65 Å². The summed E-state index contributed by atoms with van der Waals surface area (Å²) in [4.78, 5) is 8.76. The largest absolute Gasteiger partial charge is 0.269 e. The minimum atomic E-state index is -3.75. The molecule has 0 spiro atoms. The molecular formula is C18H20ClN3O2S. The van der Waals surface area contributed by atoms with Gasteiger partial charge in [0.25, 0.3) is 10.0 Å². The van der Waals surface area contributed by atoms with Gasteiger partial charge in [-0.25, -0.2) is 17.4 Å². The van der Waals surface area contributed by atoms with Gasteiger partial charge >= 0.3 is 0 Å². The summed E-state index contributed by atoms with van der Waals surface area (Å²) < 4.78 is 27.4. The molecule has 0 fully saturated rings. The monoisotopic (exact) mass is 377 g/mol. The second-order valence-electron chi connectivity index (χ2n) is 6.17. The fraction of sp³-hybridized carbons (Fsp3) is 0.333. The van der Waals surface area contributed by atoms with Crippen molar-refractivity contribution in [1.29, 1.82) is 0 Å². The summed E-state index contributed by atoms with van der Waals surface area (Å²) in [6.07, 6.45) is 4.31. The third kappa shape index (κ3) is 3.28. The van der Waals surface area contributed by atoms with E-state index in [1.54, 1.807) is 30.5 Å². The molecule has 0 bridgehead atoms. The topological polar surface area (TPSA) is 64.8 Å². The Bertz CT molecular complexity index is 1020. The predicted molar refractivity (Wildman–Crippen MR) is 99.6 cm³/mol. The van der Waals surface area contributed by atoms with Crippen LogP contribution in [0.3, 0.4) is 0 Å². The molecule has 0 N–H and O–H groups in total. The lowest BCUT2D eigenvalue weighted by molar-refractivity contribution is 0.588. The van der Waals surface area contributed by atoms with E-state index in [4.69, 9.17) is 11.6 Å². The molecule has 3 aromatic rings. The van der Waals surface area contributed by atoms with Crippen LogP contribution in [0.2, 0.25) is 5.28 Å². The zero-order valence-corrected chi connectivity index (χ0v) is 16.0. The highest BCUT2D eigenvalue weighted by Crippen LogP contribution is 2.28. The Balaban J connectivity index is 2.23. The summed E-state index contributed by atoms with van der Waals surface area (Å²) in [6.45, 7) is 5.88. The molecule has 0 aliphatic rings. The van der Waals surface area contributed by atoms with Gasteiger partial charge in [0.2, 0.25) is 5.28 Å². The molecule has 132 valence electrons. The van der Waals surface area contributed by atoms with Crippen LogP contribution in [0.15, 0.2) is 35.4 Å². The molecular weight excluding hydrogens is 358 g/mol. The van der Waals surface area contributed by atoms with Crippen LogP contribution in [-0.4, -0.2) is 22.4 Å². The molecule has 0 aliphatic carbocycles. The van der Waals surface area contributed by atoms with E-state index in [0.717, 1.165) is 41.5 Å². The first-order valence-corrected chi connectivity index (χ1v) is 10.0. The zero-order chi connectivity index (χ0) is 18.2. The molecule has 0 saturated heterocycles. The van der Waals surface area contributed by atoms with Crippen molar-refractivity contribution in [3.63, 3.8) is 0 Å². The smallest absolute Gasteiger partial charge is 0.224 e. The number of nitrogens with zero attached hydrogens (tertiary/aromatic N) is 3. The number of hydrogen-bond acceptors (Lipinski definition) is 4. The molecule has 0 amide bonds. The molecule has 5 nitrogen and oxygen atoms in total. The molecule has 25 heavy (non-hydrogen) atoms. The van der Waals surface area contributed by atoms with Crippen molar-refractivity contribution in [2.45, 2.75) is 44.9 Å². The van der Waals surface area contributed by atoms with E-state index in [9.17, 15) is 8.42 Å². The van der Waals surface area contributed by atoms with Crippen LogP contribution < -0.4 is 0 Å². The average molecular weight is 378 g/mol. The number of halogens is 1. The van der Waals surface area contributed by atoms with Gasteiger partial charge in [-0.05, 0) is 56.0 Å². The van der Waals surface area contributed by atoms with Gasteiger partial charge in [0.1, 0.15) is 0 Å². The number of unbranched alkanes of at least 4 members (excludes halogenated alkanes) is 1. The average Bonchev–Trinajstić information content (AvgIpc) is 2.90. The molecule has 1 aromatic carbocycles. The van der Waals surface area contributed by atoms with Crippen LogP contribution in [-0.2, 0) is 16.4 Å². The van der Waals surface area contributed by atoms with Crippen LogP contribution in [0.1, 0.15) is 36.6 Å². The summed E-state index contributed by atoms with van der Waals surface area (Å²) >= 11 is 6.07. The lowest BCUT2D eigenvalue weighted by Crippen LogP contribution is -2.13. The third-order valence-corrected chi connectivity index (χ3v) is 6.03.